The molecule has 7 N–H and O–H groups in total. The highest BCUT2D eigenvalue weighted by Crippen LogP contribution is 2.24. The van der Waals surface area contributed by atoms with Gasteiger partial charge in [0.15, 0.2) is 0 Å². The van der Waals surface area contributed by atoms with Crippen molar-refractivity contribution in [3.8, 4) is 0 Å². The largest absolute Gasteiger partial charge is 0.368 e. The monoisotopic (exact) mass is 880 g/mol. The van der Waals surface area contributed by atoms with Gasteiger partial charge in [-0.25, -0.2) is 0 Å². The average Bonchev–Trinajstić information content (AvgIpc) is 3.29. The van der Waals surface area contributed by atoms with E-state index in [2.05, 4.69) is 94.0 Å². The van der Waals surface area contributed by atoms with Crippen LogP contribution in [0, 0.1) is 10.1 Å². The minimum atomic E-state index is -0.394. The molecule has 2 aliphatic heterocycles. The maximum absolute atomic E-state index is 10.7. The molecule has 0 amide bonds. The van der Waals surface area contributed by atoms with E-state index < -0.39 is 4.92 Å². The fraction of sp³-hybridized carbons (Fsp3) is 0.488. The summed E-state index contributed by atoms with van der Waals surface area (Å²) in [7, 11) is 11.3. The van der Waals surface area contributed by atoms with Gasteiger partial charge >= 0.3 is 0 Å². The van der Waals surface area contributed by atoms with Gasteiger partial charge < -0.3 is 56.8 Å². The van der Waals surface area contributed by atoms with Crippen molar-refractivity contribution >= 4 is 70.6 Å². The van der Waals surface area contributed by atoms with Gasteiger partial charge in [0.25, 0.3) is 5.69 Å². The number of hydrogen-bond donors (Lipinski definition) is 4. The van der Waals surface area contributed by atoms with Gasteiger partial charge in [-0.1, -0.05) is 37.5 Å². The normalized spacial score (nSPS) is 15.3. The first kappa shape index (κ1) is 46.2. The predicted octanol–water partition coefficient (Wildman–Crippen LogP) is 2.87. The van der Waals surface area contributed by atoms with Gasteiger partial charge in [-0.05, 0) is 37.1 Å². The van der Waals surface area contributed by atoms with E-state index in [1.165, 1.54) is 49.9 Å². The molecule has 342 valence electrons. The topological polar surface area (TPSA) is 272 Å². The fourth-order valence-electron chi connectivity index (χ4n) is 7.25. The zero-order chi connectivity index (χ0) is 45.8. The number of anilines is 11. The first-order valence-electron chi connectivity index (χ1n) is 21.3. The molecule has 64 heavy (non-hydrogen) atoms. The van der Waals surface area contributed by atoms with Crippen molar-refractivity contribution < 1.29 is 4.92 Å². The Hall–Kier alpha value is -7.33. The first-order valence-corrected chi connectivity index (χ1v) is 21.3. The molecule has 0 bridgehead atoms. The molecular weight excluding hydrogens is 819 g/mol. The van der Waals surface area contributed by atoms with Gasteiger partial charge in [0, 0.05) is 124 Å². The van der Waals surface area contributed by atoms with Crippen LogP contribution in [0.25, 0.3) is 0 Å². The van der Waals surface area contributed by atoms with Crippen molar-refractivity contribution in [2.24, 2.45) is 0 Å². The van der Waals surface area contributed by atoms with Gasteiger partial charge in [0.05, 0.1) is 4.92 Å². The van der Waals surface area contributed by atoms with Crippen molar-refractivity contribution in [3.05, 3.63) is 64.7 Å². The van der Waals surface area contributed by atoms with Crippen LogP contribution < -0.4 is 56.8 Å². The molecule has 23 nitrogen and oxygen atoms in total. The number of nitrogen functional groups attached to an aromatic ring is 3. The van der Waals surface area contributed by atoms with E-state index in [1.807, 2.05) is 58.2 Å². The van der Waals surface area contributed by atoms with Gasteiger partial charge in [0.1, 0.15) is 0 Å². The highest BCUT2D eigenvalue weighted by atomic mass is 16.6. The molecule has 0 radical (unpaired) electrons. The molecule has 0 spiro atoms. The van der Waals surface area contributed by atoms with Crippen LogP contribution in [0.3, 0.4) is 0 Å². The Labute approximate surface area is 373 Å². The second-order valence-corrected chi connectivity index (χ2v) is 16.1. The molecule has 5 aromatic rings. The number of hydrogen-bond acceptors (Lipinski definition) is 22. The summed E-state index contributed by atoms with van der Waals surface area (Å²) >= 11 is 0. The third kappa shape index (κ3) is 12.9. The van der Waals surface area contributed by atoms with E-state index in [0.717, 1.165) is 58.0 Å². The molecule has 0 atom stereocenters. The van der Waals surface area contributed by atoms with Crippen LogP contribution in [0.1, 0.15) is 32.1 Å². The lowest BCUT2D eigenvalue weighted by atomic mass is 9.96. The van der Waals surface area contributed by atoms with Crippen molar-refractivity contribution in [2.75, 3.05) is 151 Å². The van der Waals surface area contributed by atoms with Gasteiger partial charge in [-0.3, -0.25) is 10.1 Å². The number of non-ortho nitro benzene ring substituents is 1. The third-order valence-electron chi connectivity index (χ3n) is 10.7. The summed E-state index contributed by atoms with van der Waals surface area (Å²) in [5.74, 6) is 4.26. The molecule has 2 saturated heterocycles. The van der Waals surface area contributed by atoms with Crippen molar-refractivity contribution in [1.82, 2.24) is 44.9 Å². The molecule has 3 aromatic heterocycles. The van der Waals surface area contributed by atoms with Crippen molar-refractivity contribution in [1.29, 1.82) is 0 Å². The number of nitrogens with two attached hydrogens (primary N) is 3. The Kier molecular flexibility index (Phi) is 15.6. The van der Waals surface area contributed by atoms with Gasteiger partial charge in [0.2, 0.25) is 53.5 Å². The number of nitro groups is 1. The van der Waals surface area contributed by atoms with Crippen molar-refractivity contribution in [2.45, 2.75) is 38.1 Å². The molecule has 3 fully saturated rings. The number of rotatable bonds is 10. The summed E-state index contributed by atoms with van der Waals surface area (Å²) < 4.78 is 0. The summed E-state index contributed by atoms with van der Waals surface area (Å²) in [6, 6.07) is 17.5. The third-order valence-corrected chi connectivity index (χ3v) is 10.7. The van der Waals surface area contributed by atoms with Crippen LogP contribution in [-0.2, 0) is 0 Å². The lowest BCUT2D eigenvalue weighted by Crippen LogP contribution is -2.47. The molecule has 1 aliphatic carbocycles. The quantitative estimate of drug-likeness (QED) is 0.116. The number of nitrogens with one attached hydrogen (secondary N) is 1. The van der Waals surface area contributed by atoms with E-state index in [9.17, 15) is 10.1 Å². The summed E-state index contributed by atoms with van der Waals surface area (Å²) in [6.45, 7) is 6.60. The van der Waals surface area contributed by atoms with Gasteiger partial charge in [-0.15, -0.1) is 0 Å². The van der Waals surface area contributed by atoms with E-state index in [-0.39, 0.29) is 23.5 Å². The zero-order valence-electron chi connectivity index (χ0n) is 37.6. The van der Waals surface area contributed by atoms with Crippen molar-refractivity contribution in [3.63, 3.8) is 0 Å². The highest BCUT2D eigenvalue weighted by Gasteiger charge is 2.23. The van der Waals surface area contributed by atoms with Crippen LogP contribution >= 0.6 is 0 Å². The molecule has 3 aliphatic rings. The molecule has 1 saturated carbocycles. The Morgan fingerprint density at radius 1 is 0.531 bits per heavy atom. The minimum absolute atomic E-state index is 0.0965. The standard InChI is InChI=1S/C15H20N8O2.C15H21N7.C11H20N6/c1-20(2)14-17-13(16)18-15(19-14)22-9-7-21(8-10-22)11-3-5-12(6-4-11)23(24)25;1-20(2)14-17-13(16)18-15(19-14)22-10-8-21(9-11-22)12-6-4-3-5-7-12;1-17(2)11-15-9(12)14-10(16-11)13-8-6-4-3-5-7-8/h3-6H,7-10H2,1-2H3,(H2,16,17,18,19);3-7H,8-11H2,1-2H3,(H2,16,17,18,19);8H,3-7H2,1-2H3,(H3,12,13,14,15,16). The number of nitrogens with zero attached hydrogens (tertiary/aromatic N) is 17. The maximum Gasteiger partial charge on any atom is 0.269 e. The predicted molar refractivity (Wildman–Crippen MR) is 255 cm³/mol. The molecule has 5 heterocycles. The Bertz CT molecular complexity index is 2240. The minimum Gasteiger partial charge on any atom is -0.368 e. The Morgan fingerprint density at radius 2 is 0.938 bits per heavy atom. The zero-order valence-corrected chi connectivity index (χ0v) is 37.6. The van der Waals surface area contributed by atoms with E-state index in [0.29, 0.717) is 41.7 Å². The summed E-state index contributed by atoms with van der Waals surface area (Å²) in [5, 5.41) is 14.1. The Balaban J connectivity index is 0.000000162. The highest BCUT2D eigenvalue weighted by molar-refractivity contribution is 5.53. The maximum atomic E-state index is 10.7. The van der Waals surface area contributed by atoms with Crippen LogP contribution in [0.15, 0.2) is 54.6 Å². The van der Waals surface area contributed by atoms with Gasteiger partial charge in [-0.2, -0.15) is 44.9 Å². The number of para-hydroxylation sites is 1. The van der Waals surface area contributed by atoms with Crippen LogP contribution in [0.5, 0.6) is 0 Å². The van der Waals surface area contributed by atoms with E-state index in [4.69, 9.17) is 17.2 Å². The number of nitro benzene ring substituents is 1. The molecule has 0 unspecified atom stereocenters. The van der Waals surface area contributed by atoms with E-state index >= 15 is 0 Å². The summed E-state index contributed by atoms with van der Waals surface area (Å²) in [6.07, 6.45) is 6.25. The number of piperazine rings is 2. The first-order chi connectivity index (χ1) is 30.7. The molecule has 2 aromatic carbocycles. The lowest BCUT2D eigenvalue weighted by molar-refractivity contribution is -0.384. The SMILES string of the molecule is CN(C)c1nc(N)nc(N2CCN(c3ccc([N+](=O)[O-])cc3)CC2)n1.CN(C)c1nc(N)nc(N2CCN(c3ccccc3)CC2)n1.CN(C)c1nc(N)nc(NC2CCCCC2)n1. The van der Waals surface area contributed by atoms with E-state index in [1.54, 1.807) is 17.0 Å². The molecule has 8 rings (SSSR count). The smallest absolute Gasteiger partial charge is 0.269 e. The summed E-state index contributed by atoms with van der Waals surface area (Å²) in [5.41, 5.74) is 19.6. The number of aromatic nitrogens is 9. The summed E-state index contributed by atoms with van der Waals surface area (Å²) in [4.78, 5) is 62.8. The average molecular weight is 880 g/mol. The second kappa shape index (κ2) is 21.6. The van der Waals surface area contributed by atoms with Crippen LogP contribution in [0.4, 0.5) is 70.6 Å². The van der Waals surface area contributed by atoms with Crippen LogP contribution in [0.2, 0.25) is 0 Å². The molecular formula is C41H61N21O2. The second-order valence-electron chi connectivity index (χ2n) is 16.1. The van der Waals surface area contributed by atoms with Crippen LogP contribution in [-0.4, -0.2) is 150 Å². The fourth-order valence-corrected chi connectivity index (χ4v) is 7.25. The number of benzene rings is 2. The Morgan fingerprint density at radius 3 is 1.38 bits per heavy atom. The lowest BCUT2D eigenvalue weighted by Gasteiger charge is -2.36. The molecule has 23 heteroatoms.